The van der Waals surface area contributed by atoms with Crippen LogP contribution in [0.25, 0.3) is 0 Å². The molecule has 0 aliphatic carbocycles. The summed E-state index contributed by atoms with van der Waals surface area (Å²) in [4.78, 5) is 15.1. The van der Waals surface area contributed by atoms with Gasteiger partial charge in [-0.1, -0.05) is 84.4 Å². The molecule has 1 heterocycles. The fraction of sp³-hybridized carbons (Fsp3) is 0.0909. The van der Waals surface area contributed by atoms with Gasteiger partial charge < -0.3 is 5.32 Å². The second-order valence-corrected chi connectivity index (χ2v) is 6.91. The number of nitrogens with zero attached hydrogens (tertiary/aromatic N) is 1. The van der Waals surface area contributed by atoms with Gasteiger partial charge in [0.25, 0.3) is 5.91 Å². The van der Waals surface area contributed by atoms with Gasteiger partial charge in [-0.2, -0.15) is 0 Å². The van der Waals surface area contributed by atoms with E-state index < -0.39 is 5.54 Å². The maximum absolute atomic E-state index is 13.6. The highest BCUT2D eigenvalue weighted by molar-refractivity contribution is 6.30. The van der Waals surface area contributed by atoms with Crippen LogP contribution < -0.4 is 5.32 Å². The van der Waals surface area contributed by atoms with Gasteiger partial charge in [-0.05, 0) is 28.8 Å². The van der Waals surface area contributed by atoms with Crippen LogP contribution in [0.4, 0.5) is 0 Å². The first-order chi connectivity index (χ1) is 13.1. The maximum atomic E-state index is 13.6. The van der Waals surface area contributed by atoms with Crippen LogP contribution in [0, 0.1) is 5.41 Å². The minimum absolute atomic E-state index is 0.0858. The van der Waals surface area contributed by atoms with Crippen molar-refractivity contribution in [1.82, 2.24) is 10.2 Å². The first-order valence-electron chi connectivity index (χ1n) is 8.65. The summed E-state index contributed by atoms with van der Waals surface area (Å²) in [5, 5.41) is 12.3. The van der Waals surface area contributed by atoms with Gasteiger partial charge in [-0.15, -0.1) is 0 Å². The smallest absolute Gasteiger partial charge is 0.264 e. The molecule has 3 aromatic rings. The van der Waals surface area contributed by atoms with Gasteiger partial charge in [0.2, 0.25) is 0 Å². The van der Waals surface area contributed by atoms with E-state index in [0.29, 0.717) is 11.6 Å². The van der Waals surface area contributed by atoms with Gasteiger partial charge in [0, 0.05) is 5.02 Å². The largest absolute Gasteiger partial charge is 0.334 e. The first-order valence-corrected chi connectivity index (χ1v) is 9.03. The van der Waals surface area contributed by atoms with Crippen molar-refractivity contribution >= 4 is 23.5 Å². The third kappa shape index (κ3) is 2.98. The van der Waals surface area contributed by atoms with E-state index >= 15 is 0 Å². The summed E-state index contributed by atoms with van der Waals surface area (Å²) in [6, 6.07) is 26.4. The molecule has 1 saturated heterocycles. The normalized spacial score (nSPS) is 15.7. The van der Waals surface area contributed by atoms with Crippen LogP contribution in [0.5, 0.6) is 0 Å². The van der Waals surface area contributed by atoms with E-state index in [-0.39, 0.29) is 11.9 Å². The molecular weight excluding hydrogens is 358 g/mol. The summed E-state index contributed by atoms with van der Waals surface area (Å²) < 4.78 is 0. The van der Waals surface area contributed by atoms with Crippen LogP contribution in [0.1, 0.15) is 16.7 Å². The van der Waals surface area contributed by atoms with Crippen LogP contribution in [-0.2, 0) is 16.9 Å². The van der Waals surface area contributed by atoms with Crippen LogP contribution >= 0.6 is 11.6 Å². The minimum Gasteiger partial charge on any atom is -0.334 e. The van der Waals surface area contributed by atoms with Crippen molar-refractivity contribution in [1.29, 1.82) is 5.41 Å². The van der Waals surface area contributed by atoms with Crippen molar-refractivity contribution in [3.05, 3.63) is 107 Å². The Hall–Kier alpha value is -3.11. The summed E-state index contributed by atoms with van der Waals surface area (Å²) in [7, 11) is 0. The lowest BCUT2D eigenvalue weighted by atomic mass is 9.82. The molecule has 0 saturated carbocycles. The molecule has 1 aliphatic heterocycles. The number of nitrogens with one attached hydrogen (secondary N) is 2. The second-order valence-electron chi connectivity index (χ2n) is 6.47. The third-order valence-corrected chi connectivity index (χ3v) is 5.06. The molecule has 3 aromatic carbocycles. The molecule has 0 aromatic heterocycles. The number of amides is 1. The van der Waals surface area contributed by atoms with Gasteiger partial charge in [0.15, 0.2) is 11.5 Å². The zero-order valence-electron chi connectivity index (χ0n) is 14.5. The molecule has 1 aliphatic rings. The Bertz CT molecular complexity index is 932. The summed E-state index contributed by atoms with van der Waals surface area (Å²) >= 11 is 5.96. The van der Waals surface area contributed by atoms with E-state index in [2.05, 4.69) is 5.32 Å². The van der Waals surface area contributed by atoms with Gasteiger partial charge >= 0.3 is 0 Å². The SMILES string of the molecule is N=C1NC(c2ccccc2)(c2ccccc2)C(=O)N1Cc1ccc(Cl)cc1. The van der Waals surface area contributed by atoms with Gasteiger partial charge in [-0.3, -0.25) is 15.1 Å². The Balaban J connectivity index is 1.78. The summed E-state index contributed by atoms with van der Waals surface area (Å²) in [5.74, 6) is -0.0810. The van der Waals surface area contributed by atoms with Crippen molar-refractivity contribution in [2.45, 2.75) is 12.1 Å². The van der Waals surface area contributed by atoms with Gasteiger partial charge in [0.1, 0.15) is 0 Å². The summed E-state index contributed by atoms with van der Waals surface area (Å²) in [5.41, 5.74) is 1.43. The standard InChI is InChI=1S/C22H18ClN3O/c23-19-13-11-16(12-14-19)15-26-20(27)22(25-21(26)24,17-7-3-1-4-8-17)18-9-5-2-6-10-18/h1-14H,15H2,(H2,24,25). The molecule has 0 spiro atoms. The number of guanidine groups is 1. The molecule has 1 amide bonds. The van der Waals surface area contributed by atoms with Gasteiger partial charge in [-0.25, -0.2) is 0 Å². The molecule has 5 heteroatoms. The highest BCUT2D eigenvalue weighted by Crippen LogP contribution is 2.36. The van der Waals surface area contributed by atoms with E-state index in [4.69, 9.17) is 17.0 Å². The second kappa shape index (κ2) is 6.89. The maximum Gasteiger partial charge on any atom is 0.264 e. The molecule has 4 rings (SSSR count). The van der Waals surface area contributed by atoms with E-state index in [1.165, 1.54) is 4.90 Å². The molecule has 0 unspecified atom stereocenters. The Morgan fingerprint density at radius 3 is 1.89 bits per heavy atom. The highest BCUT2D eigenvalue weighted by atomic mass is 35.5. The Morgan fingerprint density at radius 2 is 1.37 bits per heavy atom. The molecule has 1 fully saturated rings. The lowest BCUT2D eigenvalue weighted by molar-refractivity contribution is -0.130. The molecular formula is C22H18ClN3O. The number of hydrogen-bond donors (Lipinski definition) is 2. The summed E-state index contributed by atoms with van der Waals surface area (Å²) in [6.45, 7) is 0.309. The summed E-state index contributed by atoms with van der Waals surface area (Å²) in [6.07, 6.45) is 0. The zero-order chi connectivity index (χ0) is 18.9. The molecule has 134 valence electrons. The van der Waals surface area contributed by atoms with E-state index in [1.54, 1.807) is 12.1 Å². The van der Waals surface area contributed by atoms with Crippen LogP contribution in [0.15, 0.2) is 84.9 Å². The average molecular weight is 376 g/mol. The van der Waals surface area contributed by atoms with Crippen LogP contribution in [0.3, 0.4) is 0 Å². The quantitative estimate of drug-likeness (QED) is 0.719. The number of benzene rings is 3. The van der Waals surface area contributed by atoms with Gasteiger partial charge in [0.05, 0.1) is 6.54 Å². The van der Waals surface area contributed by atoms with Crippen molar-refractivity contribution in [2.24, 2.45) is 0 Å². The fourth-order valence-electron chi connectivity index (χ4n) is 3.46. The lowest BCUT2D eigenvalue weighted by Gasteiger charge is -2.28. The molecule has 0 bridgehead atoms. The van der Waals surface area contributed by atoms with E-state index in [9.17, 15) is 4.79 Å². The first kappa shape index (κ1) is 17.3. The molecule has 4 nitrogen and oxygen atoms in total. The van der Waals surface area contributed by atoms with E-state index in [0.717, 1.165) is 16.7 Å². The zero-order valence-corrected chi connectivity index (χ0v) is 15.3. The predicted octanol–water partition coefficient (Wildman–Crippen LogP) is 4.15. The van der Waals surface area contributed by atoms with Crippen molar-refractivity contribution in [2.75, 3.05) is 0 Å². The molecule has 0 radical (unpaired) electrons. The Labute approximate surface area is 162 Å². The van der Waals surface area contributed by atoms with E-state index in [1.807, 2.05) is 72.8 Å². The fourth-order valence-corrected chi connectivity index (χ4v) is 3.59. The van der Waals surface area contributed by atoms with Crippen molar-refractivity contribution in [3.63, 3.8) is 0 Å². The molecule has 0 atom stereocenters. The Morgan fingerprint density at radius 1 is 0.852 bits per heavy atom. The van der Waals surface area contributed by atoms with Crippen LogP contribution in [0.2, 0.25) is 5.02 Å². The third-order valence-electron chi connectivity index (χ3n) is 4.81. The van der Waals surface area contributed by atoms with Crippen LogP contribution in [-0.4, -0.2) is 16.8 Å². The Kier molecular flexibility index (Phi) is 4.42. The highest BCUT2D eigenvalue weighted by Gasteiger charge is 2.51. The topological polar surface area (TPSA) is 56.2 Å². The average Bonchev–Trinajstić information content (AvgIpc) is 2.96. The lowest BCUT2D eigenvalue weighted by Crippen LogP contribution is -2.45. The van der Waals surface area contributed by atoms with Crippen molar-refractivity contribution in [3.8, 4) is 0 Å². The molecule has 27 heavy (non-hydrogen) atoms. The van der Waals surface area contributed by atoms with Crippen molar-refractivity contribution < 1.29 is 4.79 Å². The number of halogens is 1. The molecule has 2 N–H and O–H groups in total. The minimum atomic E-state index is -1.11. The number of rotatable bonds is 4. The number of hydrogen-bond acceptors (Lipinski definition) is 2. The number of carbonyl (C=O) groups is 1. The number of carbonyl (C=O) groups excluding carboxylic acids is 1. The predicted molar refractivity (Wildman–Crippen MR) is 107 cm³/mol. The monoisotopic (exact) mass is 375 g/mol.